The van der Waals surface area contributed by atoms with Gasteiger partial charge in [-0.15, -0.1) is 17.5 Å². The first kappa shape index (κ1) is 19.4. The Kier molecular flexibility index (Phi) is 7.97. The van der Waals surface area contributed by atoms with Gasteiger partial charge in [-0.1, -0.05) is 6.92 Å². The molecule has 1 amide bonds. The Labute approximate surface area is 141 Å². The number of nitrogens with one attached hydrogen (secondary N) is 3. The molecular weight excluding hydrogens is 322 g/mol. The summed E-state index contributed by atoms with van der Waals surface area (Å²) in [6, 6.07) is 0. The highest BCUT2D eigenvalue weighted by Gasteiger charge is 2.22. The molecule has 130 valence electrons. The van der Waals surface area contributed by atoms with Crippen LogP contribution in [0.15, 0.2) is 0 Å². The summed E-state index contributed by atoms with van der Waals surface area (Å²) < 4.78 is 4.54. The van der Waals surface area contributed by atoms with Crippen molar-refractivity contribution in [3.05, 3.63) is 5.82 Å². The van der Waals surface area contributed by atoms with Crippen LogP contribution in [0.4, 0.5) is 5.95 Å². The van der Waals surface area contributed by atoms with Crippen LogP contribution in [-0.4, -0.2) is 47.3 Å². The zero-order chi connectivity index (χ0) is 15.9. The van der Waals surface area contributed by atoms with Crippen LogP contribution in [0.2, 0.25) is 0 Å². The van der Waals surface area contributed by atoms with Crippen molar-refractivity contribution in [3.63, 3.8) is 0 Å². The Hall–Kier alpha value is -1.67. The van der Waals surface area contributed by atoms with Crippen molar-refractivity contribution >= 4 is 30.2 Å². The second-order valence-corrected chi connectivity index (χ2v) is 5.69. The SMILES string of the molecule is COC(=O)Cc1nc(NC(=O)CC(C)C2CCCNC2)n[nH]1.Cl. The van der Waals surface area contributed by atoms with Crippen LogP contribution >= 0.6 is 12.4 Å². The van der Waals surface area contributed by atoms with Crippen LogP contribution in [0.5, 0.6) is 0 Å². The average Bonchev–Trinajstić information content (AvgIpc) is 2.94. The fourth-order valence-corrected chi connectivity index (χ4v) is 2.64. The molecule has 0 saturated carbocycles. The van der Waals surface area contributed by atoms with E-state index < -0.39 is 5.97 Å². The Bertz CT molecular complexity index is 516. The molecule has 8 nitrogen and oxygen atoms in total. The van der Waals surface area contributed by atoms with E-state index >= 15 is 0 Å². The fourth-order valence-electron chi connectivity index (χ4n) is 2.64. The van der Waals surface area contributed by atoms with E-state index in [1.54, 1.807) is 0 Å². The number of hydrogen-bond acceptors (Lipinski definition) is 6. The summed E-state index contributed by atoms with van der Waals surface area (Å²) in [7, 11) is 1.31. The average molecular weight is 346 g/mol. The highest BCUT2D eigenvalue weighted by atomic mass is 35.5. The Morgan fingerprint density at radius 3 is 2.91 bits per heavy atom. The van der Waals surface area contributed by atoms with Crippen molar-refractivity contribution in [1.29, 1.82) is 0 Å². The number of aromatic nitrogens is 3. The quantitative estimate of drug-likeness (QED) is 0.661. The number of halogens is 1. The lowest BCUT2D eigenvalue weighted by Gasteiger charge is -2.27. The number of nitrogens with zero attached hydrogens (tertiary/aromatic N) is 2. The number of hydrogen-bond donors (Lipinski definition) is 3. The number of amides is 1. The van der Waals surface area contributed by atoms with E-state index in [0.717, 1.165) is 25.9 Å². The van der Waals surface area contributed by atoms with Crippen molar-refractivity contribution in [2.24, 2.45) is 11.8 Å². The maximum Gasteiger partial charge on any atom is 0.313 e. The molecule has 2 unspecified atom stereocenters. The number of anilines is 1. The summed E-state index contributed by atoms with van der Waals surface area (Å²) in [6.07, 6.45) is 2.76. The van der Waals surface area contributed by atoms with Crippen molar-refractivity contribution in [2.45, 2.75) is 32.6 Å². The number of ether oxygens (including phenoxy) is 1. The largest absolute Gasteiger partial charge is 0.469 e. The molecule has 1 aliphatic rings. The number of carbonyl (C=O) groups is 2. The third-order valence-corrected chi connectivity index (χ3v) is 3.97. The summed E-state index contributed by atoms with van der Waals surface area (Å²) in [6.45, 7) is 4.13. The van der Waals surface area contributed by atoms with E-state index in [2.05, 4.69) is 37.5 Å². The van der Waals surface area contributed by atoms with E-state index in [4.69, 9.17) is 0 Å². The molecule has 0 radical (unpaired) electrons. The Morgan fingerprint density at radius 2 is 2.26 bits per heavy atom. The normalized spacial score (nSPS) is 18.6. The van der Waals surface area contributed by atoms with Gasteiger partial charge in [0.15, 0.2) is 0 Å². The third kappa shape index (κ3) is 6.15. The predicted octanol–water partition coefficient (Wildman–Crippen LogP) is 0.906. The molecule has 0 aliphatic carbocycles. The van der Waals surface area contributed by atoms with Gasteiger partial charge in [0, 0.05) is 6.42 Å². The van der Waals surface area contributed by atoms with Gasteiger partial charge in [0.25, 0.3) is 0 Å². The van der Waals surface area contributed by atoms with Crippen molar-refractivity contribution in [2.75, 3.05) is 25.5 Å². The van der Waals surface area contributed by atoms with E-state index in [9.17, 15) is 9.59 Å². The maximum absolute atomic E-state index is 12.0. The Balaban J connectivity index is 0.00000264. The molecule has 0 spiro atoms. The zero-order valence-corrected chi connectivity index (χ0v) is 14.2. The van der Waals surface area contributed by atoms with Gasteiger partial charge < -0.3 is 10.1 Å². The van der Waals surface area contributed by atoms with E-state index in [1.165, 1.54) is 7.11 Å². The van der Waals surface area contributed by atoms with Gasteiger partial charge in [0.05, 0.1) is 7.11 Å². The first-order chi connectivity index (χ1) is 10.6. The fraction of sp³-hybridized carbons (Fsp3) is 0.714. The number of piperidine rings is 1. The molecule has 9 heteroatoms. The number of esters is 1. The molecular formula is C14H24ClN5O3. The van der Waals surface area contributed by atoms with Crippen LogP contribution in [0.3, 0.4) is 0 Å². The lowest BCUT2D eigenvalue weighted by Crippen LogP contribution is -2.34. The highest BCUT2D eigenvalue weighted by molar-refractivity contribution is 5.89. The van der Waals surface area contributed by atoms with Crippen LogP contribution in [0.1, 0.15) is 32.0 Å². The van der Waals surface area contributed by atoms with Gasteiger partial charge in [-0.25, -0.2) is 0 Å². The number of H-pyrrole nitrogens is 1. The molecule has 2 atom stereocenters. The van der Waals surface area contributed by atoms with Crippen LogP contribution in [0.25, 0.3) is 0 Å². The summed E-state index contributed by atoms with van der Waals surface area (Å²) in [5.41, 5.74) is 0. The minimum absolute atomic E-state index is 0. The van der Waals surface area contributed by atoms with Gasteiger partial charge in [0.1, 0.15) is 12.2 Å². The molecule has 1 aromatic rings. The number of aromatic amines is 1. The van der Waals surface area contributed by atoms with Crippen molar-refractivity contribution in [1.82, 2.24) is 20.5 Å². The molecule has 1 aliphatic heterocycles. The maximum atomic E-state index is 12.0. The molecule has 3 N–H and O–H groups in total. The summed E-state index contributed by atoms with van der Waals surface area (Å²) >= 11 is 0. The van der Waals surface area contributed by atoms with E-state index in [0.29, 0.717) is 24.1 Å². The van der Waals surface area contributed by atoms with Gasteiger partial charge in [-0.2, -0.15) is 4.98 Å². The predicted molar refractivity (Wildman–Crippen MR) is 87.4 cm³/mol. The minimum Gasteiger partial charge on any atom is -0.469 e. The minimum atomic E-state index is -0.410. The molecule has 2 rings (SSSR count). The van der Waals surface area contributed by atoms with Gasteiger partial charge >= 0.3 is 5.97 Å². The topological polar surface area (TPSA) is 109 Å². The summed E-state index contributed by atoms with van der Waals surface area (Å²) in [5, 5.41) is 12.5. The van der Waals surface area contributed by atoms with Gasteiger partial charge in [-0.3, -0.25) is 20.0 Å². The monoisotopic (exact) mass is 345 g/mol. The van der Waals surface area contributed by atoms with Crippen molar-refractivity contribution in [3.8, 4) is 0 Å². The van der Waals surface area contributed by atoms with E-state index in [1.807, 2.05) is 0 Å². The highest BCUT2D eigenvalue weighted by Crippen LogP contribution is 2.22. The molecule has 0 aromatic carbocycles. The lowest BCUT2D eigenvalue weighted by molar-refractivity contribution is -0.139. The molecule has 1 fully saturated rings. The van der Waals surface area contributed by atoms with E-state index in [-0.39, 0.29) is 30.7 Å². The van der Waals surface area contributed by atoms with Crippen LogP contribution in [-0.2, 0) is 20.7 Å². The third-order valence-electron chi connectivity index (χ3n) is 3.97. The van der Waals surface area contributed by atoms with Gasteiger partial charge in [-0.05, 0) is 37.8 Å². The molecule has 0 bridgehead atoms. The van der Waals surface area contributed by atoms with Crippen molar-refractivity contribution < 1.29 is 14.3 Å². The first-order valence-corrected chi connectivity index (χ1v) is 7.57. The Morgan fingerprint density at radius 1 is 1.48 bits per heavy atom. The van der Waals surface area contributed by atoms with Crippen LogP contribution < -0.4 is 10.6 Å². The summed E-state index contributed by atoms with van der Waals surface area (Å²) in [5.74, 6) is 0.876. The number of methoxy groups -OCH3 is 1. The second-order valence-electron chi connectivity index (χ2n) is 5.69. The standard InChI is InChI=1S/C14H23N5O3.ClH/c1-9(10-4-3-5-15-8-10)6-12(20)17-14-16-11(18-19-14)7-13(21)22-2;/h9-10,15H,3-8H2,1-2H3,(H2,16,17,18,19,20);1H. The molecule has 1 saturated heterocycles. The smallest absolute Gasteiger partial charge is 0.313 e. The molecule has 1 aromatic heterocycles. The second kappa shape index (κ2) is 9.46. The molecule has 2 heterocycles. The van der Waals surface area contributed by atoms with Crippen LogP contribution in [0, 0.1) is 11.8 Å². The number of rotatable bonds is 6. The summed E-state index contributed by atoms with van der Waals surface area (Å²) in [4.78, 5) is 27.2. The zero-order valence-electron chi connectivity index (χ0n) is 13.4. The lowest BCUT2D eigenvalue weighted by atomic mass is 9.85. The molecule has 23 heavy (non-hydrogen) atoms. The first-order valence-electron chi connectivity index (χ1n) is 7.57. The number of carbonyl (C=O) groups excluding carboxylic acids is 2. The van der Waals surface area contributed by atoms with Gasteiger partial charge in [0.2, 0.25) is 11.9 Å².